The van der Waals surface area contributed by atoms with Gasteiger partial charge in [0.25, 0.3) is 0 Å². The van der Waals surface area contributed by atoms with Crippen LogP contribution in [-0.2, 0) is 0 Å². The predicted molar refractivity (Wildman–Crippen MR) is 282 cm³/mol. The SMILES string of the molecule is c1ccc(-c2cccc(-c3cc(-c4ccccc4)nc(-c4ccc(-c5ccccc5-c5nc(-c6ccccc6)cc(-c6ccccc6)n5)cc4-c4cc5ccccc5c5ccccc45)n3)c2)cc1. The highest BCUT2D eigenvalue weighted by molar-refractivity contribution is 6.15. The molecule has 0 radical (unpaired) electrons. The smallest absolute Gasteiger partial charge is 0.161 e. The minimum atomic E-state index is 0.643. The molecule has 68 heavy (non-hydrogen) atoms. The van der Waals surface area contributed by atoms with E-state index in [2.05, 4.69) is 237 Å². The monoisotopic (exact) mass is 866 g/mol. The van der Waals surface area contributed by atoms with Crippen molar-refractivity contribution in [3.05, 3.63) is 255 Å². The highest BCUT2D eigenvalue weighted by Gasteiger charge is 2.21. The minimum absolute atomic E-state index is 0.643. The van der Waals surface area contributed by atoms with Crippen LogP contribution >= 0.6 is 0 Å². The standard InChI is InChI=1S/C64H42N4/c1-5-20-43(21-6-1)47-29-19-30-50(38-47)62-42-61(46-26-11-4-12-27-46)67-64(68-62)56-37-36-49(40-58(56)57-39-48-28-13-14-31-51(48)53-33-16-17-34-54(53)57)52-32-15-18-35-55(52)63-65-59(44-22-7-2-8-23-44)41-60(66-63)45-24-9-3-10-25-45/h1-42H. The third kappa shape index (κ3) is 7.80. The fourth-order valence-electron chi connectivity index (χ4n) is 9.38. The lowest BCUT2D eigenvalue weighted by Gasteiger charge is -2.18. The van der Waals surface area contributed by atoms with Gasteiger partial charge in [-0.1, -0.05) is 218 Å². The summed E-state index contributed by atoms with van der Waals surface area (Å²) < 4.78 is 0. The van der Waals surface area contributed by atoms with E-state index in [-0.39, 0.29) is 0 Å². The molecule has 0 aliphatic rings. The van der Waals surface area contributed by atoms with Gasteiger partial charge in [-0.25, -0.2) is 19.9 Å². The Morgan fingerprint density at radius 1 is 0.191 bits per heavy atom. The lowest BCUT2D eigenvalue weighted by molar-refractivity contribution is 1.18. The third-order valence-corrected chi connectivity index (χ3v) is 12.7. The molecule has 0 atom stereocenters. The van der Waals surface area contributed by atoms with Crippen LogP contribution in [0.25, 0.3) is 123 Å². The Kier molecular flexibility index (Phi) is 10.5. The number of hydrogen-bond acceptors (Lipinski definition) is 4. The Morgan fingerprint density at radius 3 is 1.21 bits per heavy atom. The van der Waals surface area contributed by atoms with E-state index < -0.39 is 0 Å². The van der Waals surface area contributed by atoms with Crippen LogP contribution in [0.5, 0.6) is 0 Å². The number of fused-ring (bicyclic) bond motifs is 3. The van der Waals surface area contributed by atoms with E-state index in [9.17, 15) is 0 Å². The summed E-state index contributed by atoms with van der Waals surface area (Å²) >= 11 is 0. The van der Waals surface area contributed by atoms with Crippen molar-refractivity contribution in [3.8, 4) is 101 Å². The quantitative estimate of drug-likeness (QED) is 0.136. The zero-order chi connectivity index (χ0) is 45.2. The molecule has 318 valence electrons. The first-order valence-corrected chi connectivity index (χ1v) is 23.0. The molecule has 2 aromatic heterocycles. The second kappa shape index (κ2) is 17.7. The lowest BCUT2D eigenvalue weighted by atomic mass is 9.88. The average Bonchev–Trinajstić information content (AvgIpc) is 3.43. The maximum Gasteiger partial charge on any atom is 0.161 e. The van der Waals surface area contributed by atoms with E-state index in [1.807, 2.05) is 18.2 Å². The Labute approximate surface area is 395 Å². The van der Waals surface area contributed by atoms with Crippen molar-refractivity contribution in [2.24, 2.45) is 0 Å². The summed E-state index contributed by atoms with van der Waals surface area (Å²) in [6.45, 7) is 0. The maximum atomic E-state index is 5.48. The Hall–Kier alpha value is -9.12. The first-order valence-electron chi connectivity index (χ1n) is 23.0. The van der Waals surface area contributed by atoms with E-state index in [0.29, 0.717) is 11.6 Å². The van der Waals surface area contributed by atoms with Gasteiger partial charge in [-0.3, -0.25) is 0 Å². The minimum Gasteiger partial charge on any atom is -0.228 e. The van der Waals surface area contributed by atoms with Crippen LogP contribution in [0.2, 0.25) is 0 Å². The van der Waals surface area contributed by atoms with Gasteiger partial charge in [0.15, 0.2) is 11.6 Å². The van der Waals surface area contributed by atoms with Gasteiger partial charge in [-0.05, 0) is 91.3 Å². The van der Waals surface area contributed by atoms with Gasteiger partial charge in [0.05, 0.1) is 22.8 Å². The Balaban J connectivity index is 1.10. The first kappa shape index (κ1) is 40.4. The molecule has 0 spiro atoms. The zero-order valence-electron chi connectivity index (χ0n) is 37.0. The van der Waals surface area contributed by atoms with Crippen molar-refractivity contribution in [2.45, 2.75) is 0 Å². The molecule has 0 saturated carbocycles. The molecule has 0 bridgehead atoms. The van der Waals surface area contributed by atoms with Crippen LogP contribution in [0.15, 0.2) is 255 Å². The number of hydrogen-bond donors (Lipinski definition) is 0. The van der Waals surface area contributed by atoms with Crippen molar-refractivity contribution < 1.29 is 0 Å². The van der Waals surface area contributed by atoms with Crippen molar-refractivity contribution in [3.63, 3.8) is 0 Å². The fraction of sp³-hybridized carbons (Fsp3) is 0. The normalized spacial score (nSPS) is 11.2. The molecule has 10 aromatic carbocycles. The molecule has 4 nitrogen and oxygen atoms in total. The summed E-state index contributed by atoms with van der Waals surface area (Å²) in [4.78, 5) is 21.5. The van der Waals surface area contributed by atoms with Crippen LogP contribution < -0.4 is 0 Å². The van der Waals surface area contributed by atoms with Gasteiger partial charge in [0.1, 0.15) is 0 Å². The summed E-state index contributed by atoms with van der Waals surface area (Å²) in [6, 6.07) is 89.3. The summed E-state index contributed by atoms with van der Waals surface area (Å²) in [5, 5.41) is 4.71. The van der Waals surface area contributed by atoms with Gasteiger partial charge in [0, 0.05) is 33.4 Å². The van der Waals surface area contributed by atoms with E-state index >= 15 is 0 Å². The van der Waals surface area contributed by atoms with Crippen LogP contribution in [0.1, 0.15) is 0 Å². The summed E-state index contributed by atoms with van der Waals surface area (Å²) in [7, 11) is 0. The number of rotatable bonds is 9. The fourth-order valence-corrected chi connectivity index (χ4v) is 9.38. The van der Waals surface area contributed by atoms with Gasteiger partial charge >= 0.3 is 0 Å². The van der Waals surface area contributed by atoms with Crippen LogP contribution in [-0.4, -0.2) is 19.9 Å². The largest absolute Gasteiger partial charge is 0.228 e. The van der Waals surface area contributed by atoms with Crippen LogP contribution in [0, 0.1) is 0 Å². The maximum absolute atomic E-state index is 5.48. The predicted octanol–water partition coefficient (Wildman–Crippen LogP) is 16.6. The lowest BCUT2D eigenvalue weighted by Crippen LogP contribution is -1.99. The van der Waals surface area contributed by atoms with E-state index in [4.69, 9.17) is 19.9 Å². The highest BCUT2D eigenvalue weighted by atomic mass is 14.9. The van der Waals surface area contributed by atoms with Crippen LogP contribution in [0.4, 0.5) is 0 Å². The van der Waals surface area contributed by atoms with Crippen LogP contribution in [0.3, 0.4) is 0 Å². The topological polar surface area (TPSA) is 51.6 Å². The van der Waals surface area contributed by atoms with E-state index in [1.165, 1.54) is 10.8 Å². The first-order chi connectivity index (χ1) is 33.7. The molecule has 0 fully saturated rings. The van der Waals surface area contributed by atoms with Gasteiger partial charge in [-0.2, -0.15) is 0 Å². The molecule has 0 amide bonds. The number of benzene rings is 10. The molecule has 0 unspecified atom stereocenters. The third-order valence-electron chi connectivity index (χ3n) is 12.7. The Morgan fingerprint density at radius 2 is 0.618 bits per heavy atom. The van der Waals surface area contributed by atoms with E-state index in [0.717, 1.165) is 100 Å². The molecule has 0 aliphatic carbocycles. The zero-order valence-corrected chi connectivity index (χ0v) is 37.0. The number of aromatic nitrogens is 4. The van der Waals surface area contributed by atoms with Crippen molar-refractivity contribution >= 4 is 21.5 Å². The molecule has 2 heterocycles. The summed E-state index contributed by atoms with van der Waals surface area (Å²) in [5.41, 5.74) is 15.9. The average molecular weight is 867 g/mol. The highest BCUT2D eigenvalue weighted by Crippen LogP contribution is 2.43. The van der Waals surface area contributed by atoms with Crippen molar-refractivity contribution in [2.75, 3.05) is 0 Å². The molecule has 4 heteroatoms. The van der Waals surface area contributed by atoms with Gasteiger partial charge < -0.3 is 0 Å². The van der Waals surface area contributed by atoms with E-state index in [1.54, 1.807) is 0 Å². The van der Waals surface area contributed by atoms with Crippen molar-refractivity contribution in [1.29, 1.82) is 0 Å². The molecule has 0 aliphatic heterocycles. The molecule has 12 rings (SSSR count). The second-order valence-electron chi connectivity index (χ2n) is 17.0. The molecule has 12 aromatic rings. The van der Waals surface area contributed by atoms with Gasteiger partial charge in [-0.15, -0.1) is 0 Å². The summed E-state index contributed by atoms with van der Waals surface area (Å²) in [5.74, 6) is 1.30. The van der Waals surface area contributed by atoms with Crippen molar-refractivity contribution in [1.82, 2.24) is 19.9 Å². The van der Waals surface area contributed by atoms with Gasteiger partial charge in [0.2, 0.25) is 0 Å². The second-order valence-corrected chi connectivity index (χ2v) is 17.0. The molecule has 0 N–H and O–H groups in total. The molecular weight excluding hydrogens is 825 g/mol. The molecule has 0 saturated heterocycles. The Bertz CT molecular complexity index is 3720. The number of nitrogens with zero attached hydrogens (tertiary/aromatic N) is 4. The molecular formula is C64H42N4. The summed E-state index contributed by atoms with van der Waals surface area (Å²) in [6.07, 6.45) is 0.